The van der Waals surface area contributed by atoms with Crippen molar-refractivity contribution in [3.63, 3.8) is 0 Å². The van der Waals surface area contributed by atoms with Crippen LogP contribution >= 0.6 is 11.3 Å². The highest BCUT2D eigenvalue weighted by Gasteiger charge is 2.07. The fourth-order valence-corrected chi connectivity index (χ4v) is 2.77. The highest BCUT2D eigenvalue weighted by Crippen LogP contribution is 2.21. The molecule has 106 valence electrons. The van der Waals surface area contributed by atoms with E-state index >= 15 is 0 Å². The zero-order valence-electron chi connectivity index (χ0n) is 11.8. The van der Waals surface area contributed by atoms with Gasteiger partial charge in [0.1, 0.15) is 0 Å². The molecular formula is C17H16N2OS. The van der Waals surface area contributed by atoms with Crippen LogP contribution in [-0.4, -0.2) is 18.8 Å². The number of thiophene rings is 1. The molecule has 0 aliphatic rings. The molecule has 2 rings (SSSR count). The molecule has 0 aliphatic heterocycles. The summed E-state index contributed by atoms with van der Waals surface area (Å²) in [6.45, 7) is 0.865. The van der Waals surface area contributed by atoms with E-state index in [9.17, 15) is 0 Å². The number of nitrogens with zero attached hydrogens (tertiary/aromatic N) is 2. The molecular weight excluding hydrogens is 280 g/mol. The van der Waals surface area contributed by atoms with Crippen LogP contribution in [0.25, 0.3) is 0 Å². The lowest BCUT2D eigenvalue weighted by atomic mass is 10.2. The van der Waals surface area contributed by atoms with E-state index in [0.717, 1.165) is 17.8 Å². The number of benzene rings is 1. The van der Waals surface area contributed by atoms with Gasteiger partial charge in [0, 0.05) is 29.6 Å². The Morgan fingerprint density at radius 1 is 1.24 bits per heavy atom. The fourth-order valence-electron chi connectivity index (χ4n) is 1.89. The predicted molar refractivity (Wildman–Crippen MR) is 86.2 cm³/mol. The zero-order chi connectivity index (χ0) is 15.1. The number of aliphatic hydroxyl groups excluding tert-OH is 1. The molecule has 4 heteroatoms. The first-order chi connectivity index (χ1) is 10.2. The third-order valence-electron chi connectivity index (χ3n) is 3.02. The number of anilines is 1. The van der Waals surface area contributed by atoms with Crippen molar-refractivity contribution in [3.8, 4) is 17.9 Å². The Morgan fingerprint density at radius 3 is 2.67 bits per heavy atom. The number of rotatable bonds is 4. The second kappa shape index (κ2) is 7.50. The Bertz CT molecular complexity index is 686. The Labute approximate surface area is 129 Å². The van der Waals surface area contributed by atoms with E-state index in [4.69, 9.17) is 10.4 Å². The maximum Gasteiger partial charge on any atom is 0.0991 e. The third-order valence-corrected chi connectivity index (χ3v) is 3.93. The monoisotopic (exact) mass is 296 g/mol. The van der Waals surface area contributed by atoms with Crippen molar-refractivity contribution in [2.75, 3.05) is 18.6 Å². The first-order valence-electron chi connectivity index (χ1n) is 6.62. The van der Waals surface area contributed by atoms with Crippen molar-refractivity contribution >= 4 is 17.0 Å². The van der Waals surface area contributed by atoms with Gasteiger partial charge >= 0.3 is 0 Å². The van der Waals surface area contributed by atoms with Crippen LogP contribution in [0.5, 0.6) is 0 Å². The summed E-state index contributed by atoms with van der Waals surface area (Å²) < 4.78 is 0. The number of hydrogen-bond donors (Lipinski definition) is 1. The summed E-state index contributed by atoms with van der Waals surface area (Å²) in [5.74, 6) is 6.06. The molecule has 0 radical (unpaired) electrons. The minimum atomic E-state index is 0.0949. The van der Waals surface area contributed by atoms with Crippen LogP contribution in [0.15, 0.2) is 35.7 Å². The molecule has 0 bridgehead atoms. The van der Waals surface area contributed by atoms with Gasteiger partial charge in [-0.25, -0.2) is 0 Å². The van der Waals surface area contributed by atoms with Gasteiger partial charge in [0.05, 0.1) is 24.8 Å². The molecule has 0 fully saturated rings. The predicted octanol–water partition coefficient (Wildman–Crippen LogP) is 2.99. The van der Waals surface area contributed by atoms with Gasteiger partial charge in [-0.15, -0.1) is 11.3 Å². The van der Waals surface area contributed by atoms with Crippen LogP contribution < -0.4 is 4.90 Å². The van der Waals surface area contributed by atoms with E-state index in [2.05, 4.69) is 22.8 Å². The largest absolute Gasteiger partial charge is 0.395 e. The van der Waals surface area contributed by atoms with E-state index in [-0.39, 0.29) is 6.61 Å². The molecule has 21 heavy (non-hydrogen) atoms. The minimum absolute atomic E-state index is 0.0949. The Hall–Kier alpha value is -2.27. The van der Waals surface area contributed by atoms with Gasteiger partial charge in [-0.2, -0.15) is 5.26 Å². The third kappa shape index (κ3) is 4.10. The first-order valence-corrected chi connectivity index (χ1v) is 7.50. The first kappa shape index (κ1) is 15.1. The van der Waals surface area contributed by atoms with Crippen LogP contribution in [0.2, 0.25) is 0 Å². The SMILES string of the molecule is CN(Cc1sccc1C#CCCO)c1ccc(C#N)cc1. The van der Waals surface area contributed by atoms with E-state index in [0.29, 0.717) is 12.0 Å². The molecule has 0 aliphatic carbocycles. The highest BCUT2D eigenvalue weighted by atomic mass is 32.1. The number of hydrogen-bond acceptors (Lipinski definition) is 4. The zero-order valence-corrected chi connectivity index (χ0v) is 12.7. The molecule has 3 nitrogen and oxygen atoms in total. The lowest BCUT2D eigenvalue weighted by molar-refractivity contribution is 0.305. The van der Waals surface area contributed by atoms with Crippen LogP contribution in [-0.2, 0) is 6.54 Å². The van der Waals surface area contributed by atoms with E-state index in [1.807, 2.05) is 42.8 Å². The van der Waals surface area contributed by atoms with Crippen LogP contribution in [0.3, 0.4) is 0 Å². The molecule has 1 N–H and O–H groups in total. The lowest BCUT2D eigenvalue weighted by Gasteiger charge is -2.18. The topological polar surface area (TPSA) is 47.3 Å². The van der Waals surface area contributed by atoms with Gasteiger partial charge in [0.15, 0.2) is 0 Å². The minimum Gasteiger partial charge on any atom is -0.395 e. The van der Waals surface area contributed by atoms with Crippen LogP contribution in [0.1, 0.15) is 22.4 Å². The summed E-state index contributed by atoms with van der Waals surface area (Å²) in [5.41, 5.74) is 2.75. The Balaban J connectivity index is 2.09. The van der Waals surface area contributed by atoms with Crippen molar-refractivity contribution in [3.05, 3.63) is 51.7 Å². The van der Waals surface area contributed by atoms with Gasteiger partial charge in [-0.1, -0.05) is 11.8 Å². The maximum atomic E-state index is 8.82. The van der Waals surface area contributed by atoms with Crippen LogP contribution in [0, 0.1) is 23.2 Å². The molecule has 0 unspecified atom stereocenters. The van der Waals surface area contributed by atoms with Crippen LogP contribution in [0.4, 0.5) is 5.69 Å². The van der Waals surface area contributed by atoms with E-state index in [1.165, 1.54) is 4.88 Å². The van der Waals surface area contributed by atoms with Gasteiger partial charge in [0.25, 0.3) is 0 Å². The van der Waals surface area contributed by atoms with Crippen molar-refractivity contribution in [2.24, 2.45) is 0 Å². The van der Waals surface area contributed by atoms with E-state index < -0.39 is 0 Å². The molecule has 0 saturated carbocycles. The quantitative estimate of drug-likeness (QED) is 0.882. The molecule has 0 amide bonds. The molecule has 2 aromatic rings. The summed E-state index contributed by atoms with van der Waals surface area (Å²) in [6.07, 6.45) is 0.501. The molecule has 0 saturated heterocycles. The van der Waals surface area contributed by atoms with Crippen molar-refractivity contribution in [1.29, 1.82) is 5.26 Å². The summed E-state index contributed by atoms with van der Waals surface area (Å²) in [6, 6.07) is 11.7. The number of nitriles is 1. The summed E-state index contributed by atoms with van der Waals surface area (Å²) in [4.78, 5) is 3.33. The average Bonchev–Trinajstić information content (AvgIpc) is 2.95. The Morgan fingerprint density at radius 2 is 2.00 bits per heavy atom. The highest BCUT2D eigenvalue weighted by molar-refractivity contribution is 7.10. The molecule has 0 atom stereocenters. The Kier molecular flexibility index (Phi) is 5.40. The number of aliphatic hydroxyl groups is 1. The molecule has 1 heterocycles. The molecule has 1 aromatic heterocycles. The van der Waals surface area contributed by atoms with Crippen molar-refractivity contribution in [2.45, 2.75) is 13.0 Å². The van der Waals surface area contributed by atoms with E-state index in [1.54, 1.807) is 11.3 Å². The maximum absolute atomic E-state index is 8.82. The average molecular weight is 296 g/mol. The standard InChI is InChI=1S/C17H16N2OS/c1-19(16-7-5-14(12-18)6-8-16)13-17-15(9-11-21-17)4-2-3-10-20/h5-9,11,20H,3,10,13H2,1H3. The van der Waals surface area contributed by atoms with Gasteiger partial charge < -0.3 is 10.0 Å². The van der Waals surface area contributed by atoms with Crippen molar-refractivity contribution in [1.82, 2.24) is 0 Å². The van der Waals surface area contributed by atoms with Crippen molar-refractivity contribution < 1.29 is 5.11 Å². The smallest absolute Gasteiger partial charge is 0.0991 e. The van der Waals surface area contributed by atoms with Gasteiger partial charge in [-0.05, 0) is 35.7 Å². The van der Waals surface area contributed by atoms with Gasteiger partial charge in [0.2, 0.25) is 0 Å². The normalized spacial score (nSPS) is 9.57. The summed E-state index contributed by atoms with van der Waals surface area (Å²) in [5, 5.41) is 19.6. The molecule has 0 spiro atoms. The second-order valence-corrected chi connectivity index (χ2v) is 5.55. The second-order valence-electron chi connectivity index (χ2n) is 4.55. The van der Waals surface area contributed by atoms with Gasteiger partial charge in [-0.3, -0.25) is 0 Å². The summed E-state index contributed by atoms with van der Waals surface area (Å²) >= 11 is 1.68. The molecule has 1 aromatic carbocycles. The fraction of sp³-hybridized carbons (Fsp3) is 0.235. The summed E-state index contributed by atoms with van der Waals surface area (Å²) in [7, 11) is 2.02. The lowest BCUT2D eigenvalue weighted by Crippen LogP contribution is -2.16.